The molecule has 1 aromatic carbocycles. The van der Waals surface area contributed by atoms with Crippen LogP contribution in [-0.4, -0.2) is 17.7 Å². The number of ether oxygens (including phenoxy) is 1. The molecule has 1 rings (SSSR count). The van der Waals surface area contributed by atoms with Gasteiger partial charge in [-0.1, -0.05) is 6.07 Å². The monoisotopic (exact) mass is 258 g/mol. The molecule has 100 valence electrons. The van der Waals surface area contributed by atoms with Crippen molar-refractivity contribution in [3.05, 3.63) is 29.8 Å². The van der Waals surface area contributed by atoms with Gasteiger partial charge in [-0.25, -0.2) is 4.39 Å². The van der Waals surface area contributed by atoms with E-state index in [1.807, 2.05) is 0 Å². The maximum Gasteiger partial charge on any atom is 0.309 e. The van der Waals surface area contributed by atoms with Crippen molar-refractivity contribution in [2.24, 2.45) is 5.41 Å². The SMILES string of the molecule is CC(C)(CCCOc1cccc(F)c1F)C(=O)O. The largest absolute Gasteiger partial charge is 0.490 e. The molecule has 0 unspecified atom stereocenters. The Morgan fingerprint density at radius 2 is 2.06 bits per heavy atom. The molecule has 0 amide bonds. The van der Waals surface area contributed by atoms with E-state index in [0.29, 0.717) is 12.8 Å². The third kappa shape index (κ3) is 3.68. The Kier molecular flexibility index (Phi) is 4.64. The highest BCUT2D eigenvalue weighted by molar-refractivity contribution is 5.73. The molecule has 5 heteroatoms. The molecule has 0 aliphatic rings. The van der Waals surface area contributed by atoms with Crippen molar-refractivity contribution in [2.45, 2.75) is 26.7 Å². The van der Waals surface area contributed by atoms with Crippen molar-refractivity contribution < 1.29 is 23.4 Å². The van der Waals surface area contributed by atoms with Crippen molar-refractivity contribution in [3.63, 3.8) is 0 Å². The van der Waals surface area contributed by atoms with Gasteiger partial charge in [-0.3, -0.25) is 4.79 Å². The second kappa shape index (κ2) is 5.80. The maximum absolute atomic E-state index is 13.2. The predicted molar refractivity (Wildman–Crippen MR) is 62.5 cm³/mol. The summed E-state index contributed by atoms with van der Waals surface area (Å²) in [5, 5.41) is 8.89. The molecule has 1 aromatic rings. The van der Waals surface area contributed by atoms with Gasteiger partial charge in [0.05, 0.1) is 12.0 Å². The molecule has 0 aliphatic carbocycles. The van der Waals surface area contributed by atoms with Crippen LogP contribution in [0.3, 0.4) is 0 Å². The zero-order chi connectivity index (χ0) is 13.8. The van der Waals surface area contributed by atoms with Crippen LogP contribution >= 0.6 is 0 Å². The first-order chi connectivity index (χ1) is 8.34. The first kappa shape index (κ1) is 14.4. The molecule has 0 fully saturated rings. The fourth-order valence-corrected chi connectivity index (χ4v) is 1.40. The number of hydrogen-bond acceptors (Lipinski definition) is 2. The maximum atomic E-state index is 13.2. The van der Waals surface area contributed by atoms with E-state index in [2.05, 4.69) is 0 Å². The fourth-order valence-electron chi connectivity index (χ4n) is 1.40. The highest BCUT2D eigenvalue weighted by Gasteiger charge is 2.26. The molecular weight excluding hydrogens is 242 g/mol. The number of benzene rings is 1. The van der Waals surface area contributed by atoms with Crippen LogP contribution < -0.4 is 4.74 Å². The molecule has 0 aliphatic heterocycles. The van der Waals surface area contributed by atoms with Crippen molar-refractivity contribution in [1.29, 1.82) is 0 Å². The van der Waals surface area contributed by atoms with E-state index in [4.69, 9.17) is 9.84 Å². The third-order valence-corrected chi connectivity index (χ3v) is 2.70. The zero-order valence-corrected chi connectivity index (χ0v) is 10.4. The van der Waals surface area contributed by atoms with Crippen molar-refractivity contribution in [1.82, 2.24) is 0 Å². The summed E-state index contributed by atoms with van der Waals surface area (Å²) in [6.07, 6.45) is 0.856. The van der Waals surface area contributed by atoms with Crippen LogP contribution in [0, 0.1) is 17.0 Å². The van der Waals surface area contributed by atoms with Gasteiger partial charge in [0.25, 0.3) is 0 Å². The molecule has 0 aromatic heterocycles. The van der Waals surface area contributed by atoms with Crippen LogP contribution in [0.2, 0.25) is 0 Å². The van der Waals surface area contributed by atoms with E-state index in [1.165, 1.54) is 12.1 Å². The minimum Gasteiger partial charge on any atom is -0.490 e. The van der Waals surface area contributed by atoms with Gasteiger partial charge in [0.2, 0.25) is 5.82 Å². The van der Waals surface area contributed by atoms with Gasteiger partial charge in [0.15, 0.2) is 11.6 Å². The average molecular weight is 258 g/mol. The number of hydrogen-bond donors (Lipinski definition) is 1. The molecule has 0 radical (unpaired) electrons. The highest BCUT2D eigenvalue weighted by atomic mass is 19.2. The molecular formula is C13H16F2O3. The van der Waals surface area contributed by atoms with E-state index in [1.54, 1.807) is 13.8 Å². The first-order valence-corrected chi connectivity index (χ1v) is 5.65. The smallest absolute Gasteiger partial charge is 0.309 e. The van der Waals surface area contributed by atoms with Crippen molar-refractivity contribution in [3.8, 4) is 5.75 Å². The first-order valence-electron chi connectivity index (χ1n) is 5.65. The Bertz CT molecular complexity index is 430. The van der Waals surface area contributed by atoms with Gasteiger partial charge in [-0.05, 0) is 38.8 Å². The van der Waals surface area contributed by atoms with E-state index >= 15 is 0 Å². The van der Waals surface area contributed by atoms with Gasteiger partial charge in [-0.2, -0.15) is 4.39 Å². The molecule has 0 atom stereocenters. The third-order valence-electron chi connectivity index (χ3n) is 2.70. The zero-order valence-electron chi connectivity index (χ0n) is 10.4. The summed E-state index contributed by atoms with van der Waals surface area (Å²) in [7, 11) is 0. The Hall–Kier alpha value is -1.65. The number of aliphatic carboxylic acids is 1. The van der Waals surface area contributed by atoms with Crippen LogP contribution in [0.25, 0.3) is 0 Å². The molecule has 0 bridgehead atoms. The molecule has 0 heterocycles. The van der Waals surface area contributed by atoms with Gasteiger partial charge < -0.3 is 9.84 Å². The second-order valence-electron chi connectivity index (χ2n) is 4.69. The Balaban J connectivity index is 2.43. The molecule has 3 nitrogen and oxygen atoms in total. The van der Waals surface area contributed by atoms with Gasteiger partial charge in [-0.15, -0.1) is 0 Å². The van der Waals surface area contributed by atoms with Crippen LogP contribution in [0.4, 0.5) is 8.78 Å². The summed E-state index contributed by atoms with van der Waals surface area (Å²) in [6.45, 7) is 3.37. The standard InChI is InChI=1S/C13H16F2O3/c1-13(2,12(16)17)7-4-8-18-10-6-3-5-9(14)11(10)15/h3,5-6H,4,7-8H2,1-2H3,(H,16,17). The van der Waals surface area contributed by atoms with E-state index in [0.717, 1.165) is 6.07 Å². The van der Waals surface area contributed by atoms with E-state index in [9.17, 15) is 13.6 Å². The Labute approximate surface area is 104 Å². The van der Waals surface area contributed by atoms with Gasteiger partial charge in [0.1, 0.15) is 0 Å². The summed E-state index contributed by atoms with van der Waals surface area (Å²) in [5.74, 6) is -3.02. The summed E-state index contributed by atoms with van der Waals surface area (Å²) < 4.78 is 31.1. The van der Waals surface area contributed by atoms with Crippen LogP contribution in [0.5, 0.6) is 5.75 Å². The second-order valence-corrected chi connectivity index (χ2v) is 4.69. The van der Waals surface area contributed by atoms with Crippen LogP contribution in [0.15, 0.2) is 18.2 Å². The number of carboxylic acid groups (broad SMARTS) is 1. The molecule has 0 saturated heterocycles. The summed E-state index contributed by atoms with van der Waals surface area (Å²) in [6, 6.07) is 3.70. The molecule has 18 heavy (non-hydrogen) atoms. The lowest BCUT2D eigenvalue weighted by atomic mass is 9.88. The normalized spacial score (nSPS) is 11.3. The topological polar surface area (TPSA) is 46.5 Å². The Morgan fingerprint density at radius 1 is 1.39 bits per heavy atom. The Morgan fingerprint density at radius 3 is 2.67 bits per heavy atom. The van der Waals surface area contributed by atoms with Crippen molar-refractivity contribution >= 4 is 5.97 Å². The van der Waals surface area contributed by atoms with Gasteiger partial charge >= 0.3 is 5.97 Å². The lowest BCUT2D eigenvalue weighted by Crippen LogP contribution is -2.24. The van der Waals surface area contributed by atoms with E-state index in [-0.39, 0.29) is 12.4 Å². The van der Waals surface area contributed by atoms with Gasteiger partial charge in [0, 0.05) is 0 Å². The fraction of sp³-hybridized carbons (Fsp3) is 0.462. The lowest BCUT2D eigenvalue weighted by Gasteiger charge is -2.18. The number of carboxylic acids is 1. The molecule has 0 saturated carbocycles. The summed E-state index contributed by atoms with van der Waals surface area (Å²) in [4.78, 5) is 10.8. The quantitative estimate of drug-likeness (QED) is 0.797. The van der Waals surface area contributed by atoms with E-state index < -0.39 is 23.0 Å². The molecule has 1 N–H and O–H groups in total. The predicted octanol–water partition coefficient (Wildman–Crippen LogP) is 3.23. The highest BCUT2D eigenvalue weighted by Crippen LogP contribution is 2.23. The average Bonchev–Trinajstić information content (AvgIpc) is 2.29. The van der Waals surface area contributed by atoms with Crippen LogP contribution in [-0.2, 0) is 4.79 Å². The summed E-state index contributed by atoms with van der Waals surface area (Å²) >= 11 is 0. The number of halogens is 2. The minimum absolute atomic E-state index is 0.150. The molecule has 0 spiro atoms. The summed E-state index contributed by atoms with van der Waals surface area (Å²) in [5.41, 5.74) is -0.843. The van der Waals surface area contributed by atoms with Crippen molar-refractivity contribution in [2.75, 3.05) is 6.61 Å². The minimum atomic E-state index is -1.02. The number of carbonyl (C=O) groups is 1. The van der Waals surface area contributed by atoms with Crippen LogP contribution in [0.1, 0.15) is 26.7 Å². The number of rotatable bonds is 6. The lowest BCUT2D eigenvalue weighted by molar-refractivity contribution is -0.147.